The van der Waals surface area contributed by atoms with Gasteiger partial charge in [-0.25, -0.2) is 24.1 Å². The molecule has 8 aromatic rings. The molecule has 13 rings (SSSR count). The maximum absolute atomic E-state index is 14.0. The van der Waals surface area contributed by atoms with E-state index in [0.717, 1.165) is 88.7 Å². The van der Waals surface area contributed by atoms with Crippen LogP contribution in [0.25, 0.3) is 0 Å². The van der Waals surface area contributed by atoms with Crippen LogP contribution in [0.2, 0.25) is 15.1 Å². The van der Waals surface area contributed by atoms with E-state index in [9.17, 15) is 29.1 Å². The molecule has 89 heavy (non-hydrogen) atoms. The Bertz CT molecular complexity index is 3840. The maximum Gasteiger partial charge on any atom is 0.336 e. The summed E-state index contributed by atoms with van der Waals surface area (Å²) in [7, 11) is 1.44. The molecule has 0 bridgehead atoms. The van der Waals surface area contributed by atoms with Gasteiger partial charge in [0.15, 0.2) is 5.72 Å². The lowest BCUT2D eigenvalue weighted by atomic mass is 9.66. The number of esters is 1. The number of nitrogens with one attached hydrogen (secondary N) is 1. The summed E-state index contributed by atoms with van der Waals surface area (Å²) < 4.78 is 6.00. The van der Waals surface area contributed by atoms with Crippen LogP contribution in [0.3, 0.4) is 0 Å². The number of imide groups is 1. The van der Waals surface area contributed by atoms with Crippen molar-refractivity contribution in [3.8, 4) is 0 Å². The standard InChI is InChI=1S/C26H25ClN2O2.C19H17ClN2O2.C13H17NO2.C7H7Br.C7H4ClNO/c1-18-7-11-22(12-8-18)28-24(30)29(23-13-9-21(27)10-14-23)26(31,25(28)15-4-16-25)20-6-3-5-19(2)17-20;1-13-3-7-16(8-4-13)22-18(24)21(15-9-5-14(20)6-10-15)17(23)19(22)11-2-12-19;1-10-4-6-11(7-5-10)14-13(8-3-9-13)12(15)16-2;1-6-3-2-4-7(8)5-6;8-6-1-3-7(4-2-6)9-5-10/h3,5-14,17,31H,4,15-16H2,1-2H3;3-10H,2,11-12H2,1H3;4-7,14H,3,8-9H2,1-2H3;2-5H,1H3;1-4H. The highest BCUT2D eigenvalue weighted by molar-refractivity contribution is 9.10. The zero-order valence-corrected chi connectivity index (χ0v) is 54.3. The highest BCUT2D eigenvalue weighted by Gasteiger charge is 2.70. The zero-order chi connectivity index (χ0) is 63.7. The number of aliphatic hydroxyl groups is 1. The van der Waals surface area contributed by atoms with E-state index < -0.39 is 22.3 Å². The Kier molecular flexibility index (Phi) is 20.7. The number of carbonyl (C=O) groups excluding carboxylic acids is 5. The normalized spacial score (nSPS) is 17.8. The fourth-order valence-electron chi connectivity index (χ4n) is 11.8. The maximum atomic E-state index is 14.0. The molecule has 2 heterocycles. The predicted molar refractivity (Wildman–Crippen MR) is 361 cm³/mol. The molecule has 458 valence electrons. The van der Waals surface area contributed by atoms with Crippen molar-refractivity contribution in [2.75, 3.05) is 32.0 Å². The van der Waals surface area contributed by atoms with Gasteiger partial charge in [0.25, 0.3) is 5.91 Å². The molecular weight excluding hydrogens is 1250 g/mol. The van der Waals surface area contributed by atoms with Gasteiger partial charge in [-0.1, -0.05) is 151 Å². The molecule has 5 fully saturated rings. The van der Waals surface area contributed by atoms with Gasteiger partial charge in [0.1, 0.15) is 16.6 Å². The van der Waals surface area contributed by atoms with Gasteiger partial charge in [-0.3, -0.25) is 19.5 Å². The van der Waals surface area contributed by atoms with Crippen LogP contribution >= 0.6 is 50.7 Å². The quantitative estimate of drug-likeness (QED) is 0.0627. The lowest BCUT2D eigenvalue weighted by molar-refractivity contribution is -0.149. The van der Waals surface area contributed by atoms with Crippen molar-refractivity contribution in [1.29, 1.82) is 0 Å². The molecule has 8 aromatic carbocycles. The van der Waals surface area contributed by atoms with Crippen molar-refractivity contribution >= 4 is 115 Å². The molecule has 3 saturated carbocycles. The van der Waals surface area contributed by atoms with Crippen molar-refractivity contribution in [2.45, 2.75) is 115 Å². The smallest absolute Gasteiger partial charge is 0.336 e. The second-order valence-corrected chi connectivity index (χ2v) is 25.3. The number of halogens is 4. The first-order chi connectivity index (χ1) is 42.7. The summed E-state index contributed by atoms with van der Waals surface area (Å²) in [5.74, 6) is -0.291. The number of hydrogen-bond donors (Lipinski definition) is 2. The highest BCUT2D eigenvalue weighted by atomic mass is 79.9. The number of urea groups is 2. The van der Waals surface area contributed by atoms with Crippen molar-refractivity contribution in [3.63, 3.8) is 0 Å². The number of methoxy groups -OCH3 is 1. The van der Waals surface area contributed by atoms with Gasteiger partial charge < -0.3 is 15.2 Å². The monoisotopic (exact) mass is 1310 g/mol. The van der Waals surface area contributed by atoms with E-state index >= 15 is 0 Å². The van der Waals surface area contributed by atoms with Crippen LogP contribution in [0.1, 0.15) is 91.2 Å². The molecular formula is C72H70BrCl3N6O7. The number of benzene rings is 8. The Morgan fingerprint density at radius 2 is 0.989 bits per heavy atom. The summed E-state index contributed by atoms with van der Waals surface area (Å²) in [5.41, 5.74) is 7.37. The second-order valence-electron chi connectivity index (χ2n) is 23.0. The molecule has 5 amide bonds. The summed E-state index contributed by atoms with van der Waals surface area (Å²) in [6, 6.07) is 59.8. The Hall–Kier alpha value is -8.07. The number of rotatable bonds is 9. The molecule has 1 atom stereocenters. The summed E-state index contributed by atoms with van der Waals surface area (Å²) >= 11 is 21.0. The number of amides is 5. The average Bonchev–Trinajstić information content (AvgIpc) is 1.57. The predicted octanol–water partition coefficient (Wildman–Crippen LogP) is 18.3. The molecule has 3 aliphatic carbocycles. The molecule has 5 aliphatic rings. The van der Waals surface area contributed by atoms with Crippen molar-refractivity contribution < 1.29 is 33.8 Å². The second kappa shape index (κ2) is 28.2. The molecule has 13 nitrogen and oxygen atoms in total. The zero-order valence-electron chi connectivity index (χ0n) is 50.5. The largest absolute Gasteiger partial charge is 0.467 e. The number of isocyanates is 1. The first kappa shape index (κ1) is 65.4. The average molecular weight is 1320 g/mol. The van der Waals surface area contributed by atoms with Crippen molar-refractivity contribution in [3.05, 3.63) is 247 Å². The summed E-state index contributed by atoms with van der Waals surface area (Å²) in [4.78, 5) is 71.3. The van der Waals surface area contributed by atoms with Gasteiger partial charge in [-0.15, -0.1) is 0 Å². The van der Waals surface area contributed by atoms with Crippen molar-refractivity contribution in [1.82, 2.24) is 0 Å². The molecule has 0 radical (unpaired) electrons. The number of anilines is 5. The van der Waals surface area contributed by atoms with E-state index in [2.05, 4.69) is 45.3 Å². The van der Waals surface area contributed by atoms with Crippen LogP contribution in [0, 0.1) is 34.6 Å². The van der Waals surface area contributed by atoms with Gasteiger partial charge in [0.05, 0.1) is 18.5 Å². The van der Waals surface area contributed by atoms with Crippen LogP contribution in [-0.4, -0.2) is 58.9 Å². The van der Waals surface area contributed by atoms with E-state index in [-0.39, 0.29) is 23.9 Å². The third-order valence-corrected chi connectivity index (χ3v) is 18.2. The third kappa shape index (κ3) is 13.9. The Morgan fingerprint density at radius 3 is 1.42 bits per heavy atom. The van der Waals surface area contributed by atoms with E-state index in [1.807, 2.05) is 142 Å². The fraction of sp³-hybridized carbons (Fsp3) is 0.264. The van der Waals surface area contributed by atoms with Crippen LogP contribution in [-0.2, 0) is 24.8 Å². The Labute approximate surface area is 544 Å². The topological polar surface area (TPSA) is 152 Å². The lowest BCUT2D eigenvalue weighted by Crippen LogP contribution is -2.63. The number of hydrogen-bond acceptors (Lipinski definition) is 9. The molecule has 2 N–H and O–H groups in total. The van der Waals surface area contributed by atoms with E-state index in [1.54, 1.807) is 82.6 Å². The molecule has 2 saturated heterocycles. The number of ether oxygens (including phenoxy) is 1. The van der Waals surface area contributed by atoms with E-state index in [1.165, 1.54) is 29.2 Å². The van der Waals surface area contributed by atoms with Crippen LogP contribution in [0.4, 0.5) is 43.7 Å². The van der Waals surface area contributed by atoms with E-state index in [0.29, 0.717) is 45.0 Å². The minimum Gasteiger partial charge on any atom is -0.467 e. The van der Waals surface area contributed by atoms with Gasteiger partial charge in [-0.2, -0.15) is 4.99 Å². The summed E-state index contributed by atoms with van der Waals surface area (Å²) in [6.45, 7) is 10.1. The van der Waals surface area contributed by atoms with E-state index in [4.69, 9.17) is 39.5 Å². The Balaban J connectivity index is 0.000000143. The van der Waals surface area contributed by atoms with Gasteiger partial charge in [0, 0.05) is 47.9 Å². The molecule has 0 aromatic heterocycles. The molecule has 2 aliphatic heterocycles. The van der Waals surface area contributed by atoms with Gasteiger partial charge in [0.2, 0.25) is 6.08 Å². The van der Waals surface area contributed by atoms with Crippen LogP contribution in [0.5, 0.6) is 0 Å². The number of aliphatic imine (C=N–C) groups is 1. The fourth-order valence-corrected chi connectivity index (χ4v) is 12.6. The highest BCUT2D eigenvalue weighted by Crippen LogP contribution is 2.59. The molecule has 1 unspecified atom stereocenters. The Morgan fingerprint density at radius 1 is 0.539 bits per heavy atom. The van der Waals surface area contributed by atoms with Crippen molar-refractivity contribution in [2.24, 2.45) is 4.99 Å². The minimum atomic E-state index is -1.51. The van der Waals surface area contributed by atoms with Crippen LogP contribution in [0.15, 0.2) is 204 Å². The number of aryl methyl sites for hydroxylation is 5. The minimum absolute atomic E-state index is 0.137. The van der Waals surface area contributed by atoms with Crippen LogP contribution < -0.4 is 24.9 Å². The molecule has 17 heteroatoms. The first-order valence-electron chi connectivity index (χ1n) is 29.4. The number of carbonyl (C=O) groups is 4. The first-order valence-corrected chi connectivity index (χ1v) is 31.4. The molecule has 2 spiro atoms. The third-order valence-electron chi connectivity index (χ3n) is 16.9. The van der Waals surface area contributed by atoms with Gasteiger partial charge >= 0.3 is 18.0 Å². The van der Waals surface area contributed by atoms with Gasteiger partial charge in [-0.05, 0) is 214 Å². The summed E-state index contributed by atoms with van der Waals surface area (Å²) in [5, 5.41) is 17.6. The lowest BCUT2D eigenvalue weighted by Gasteiger charge is -2.52. The number of nitrogens with zero attached hydrogens (tertiary/aromatic N) is 5. The summed E-state index contributed by atoms with van der Waals surface area (Å²) in [6.07, 6.45) is 8.99. The SMILES string of the molecule is COC(=O)C1(Nc2ccc(C)cc2)CCC1.Cc1ccc(N2C(=O)N(c3ccc(Cl)cc3)C(=O)C23CCC3)cc1.Cc1ccc(N2C(=O)N(c3ccc(Cl)cc3)C(O)(c3cccc(C)c3)C23CCC3)cc1.Cc1cccc(Br)c1.O=C=Nc1ccc(Cl)cc1.